The Hall–Kier alpha value is -3.45. The number of hydrogen-bond donors (Lipinski definition) is 1. The highest BCUT2D eigenvalue weighted by atomic mass is 79.9. The standard InChI is InChI=1S/C23H19BrN2O4/c1-29-20-10-7-17(8-11-20)23(28)26-25-15-18-14-19(24)9-12-21(18)30-22(27)13-16-5-3-2-4-6-16/h2-12,14-15H,13H2,1H3,(H,26,28)/b25-15-. The first kappa shape index (κ1) is 21.3. The summed E-state index contributed by atoms with van der Waals surface area (Å²) in [4.78, 5) is 24.5. The van der Waals surface area contributed by atoms with Crippen molar-refractivity contribution in [2.75, 3.05) is 7.11 Å². The molecular weight excluding hydrogens is 448 g/mol. The molecule has 0 saturated heterocycles. The van der Waals surface area contributed by atoms with Crippen LogP contribution in [0.1, 0.15) is 21.5 Å². The SMILES string of the molecule is COc1ccc(C(=O)N/N=C\c2cc(Br)ccc2OC(=O)Cc2ccccc2)cc1. The number of nitrogens with one attached hydrogen (secondary N) is 1. The van der Waals surface area contributed by atoms with Crippen molar-refractivity contribution < 1.29 is 19.1 Å². The Bertz CT molecular complexity index is 1050. The number of methoxy groups -OCH3 is 1. The van der Waals surface area contributed by atoms with E-state index in [2.05, 4.69) is 26.5 Å². The third-order valence-corrected chi connectivity index (χ3v) is 4.60. The molecule has 0 aliphatic carbocycles. The molecule has 0 saturated carbocycles. The number of hydrazone groups is 1. The van der Waals surface area contributed by atoms with Crippen molar-refractivity contribution >= 4 is 34.0 Å². The van der Waals surface area contributed by atoms with Gasteiger partial charge in [0.25, 0.3) is 5.91 Å². The van der Waals surface area contributed by atoms with E-state index in [4.69, 9.17) is 9.47 Å². The van der Waals surface area contributed by atoms with Crippen LogP contribution in [0.2, 0.25) is 0 Å². The topological polar surface area (TPSA) is 77.0 Å². The monoisotopic (exact) mass is 466 g/mol. The van der Waals surface area contributed by atoms with Crippen LogP contribution < -0.4 is 14.9 Å². The molecule has 0 aromatic heterocycles. The summed E-state index contributed by atoms with van der Waals surface area (Å²) in [6.07, 6.45) is 1.58. The second kappa shape index (κ2) is 10.4. The lowest BCUT2D eigenvalue weighted by Gasteiger charge is -2.08. The average molecular weight is 467 g/mol. The van der Waals surface area contributed by atoms with Crippen molar-refractivity contribution in [3.8, 4) is 11.5 Å². The normalized spacial score (nSPS) is 10.6. The lowest BCUT2D eigenvalue weighted by atomic mass is 10.1. The Morgan fingerprint density at radius 2 is 1.77 bits per heavy atom. The first-order valence-corrected chi connectivity index (χ1v) is 9.86. The number of amides is 1. The van der Waals surface area contributed by atoms with Gasteiger partial charge in [-0.1, -0.05) is 46.3 Å². The smallest absolute Gasteiger partial charge is 0.315 e. The fourth-order valence-electron chi connectivity index (χ4n) is 2.60. The van der Waals surface area contributed by atoms with Crippen LogP contribution in [0.25, 0.3) is 0 Å². The number of nitrogens with zero attached hydrogens (tertiary/aromatic N) is 1. The largest absolute Gasteiger partial charge is 0.497 e. The number of esters is 1. The molecule has 0 unspecified atom stereocenters. The van der Waals surface area contributed by atoms with Gasteiger partial charge in [-0.15, -0.1) is 0 Å². The molecule has 0 bridgehead atoms. The Morgan fingerprint density at radius 1 is 1.03 bits per heavy atom. The highest BCUT2D eigenvalue weighted by molar-refractivity contribution is 9.10. The maximum absolute atomic E-state index is 12.3. The van der Waals surface area contributed by atoms with Crippen LogP contribution in [0.5, 0.6) is 11.5 Å². The van der Waals surface area contributed by atoms with Gasteiger partial charge in [-0.2, -0.15) is 5.10 Å². The summed E-state index contributed by atoms with van der Waals surface area (Å²) >= 11 is 3.39. The fourth-order valence-corrected chi connectivity index (χ4v) is 2.98. The molecule has 3 rings (SSSR count). The number of benzene rings is 3. The van der Waals surface area contributed by atoms with Gasteiger partial charge in [-0.3, -0.25) is 9.59 Å². The van der Waals surface area contributed by atoms with Crippen molar-refractivity contribution in [1.82, 2.24) is 5.43 Å². The summed E-state index contributed by atoms with van der Waals surface area (Å²) < 4.78 is 11.4. The second-order valence-electron chi connectivity index (χ2n) is 6.25. The van der Waals surface area contributed by atoms with Gasteiger partial charge in [-0.25, -0.2) is 5.43 Å². The molecule has 1 N–H and O–H groups in total. The number of rotatable bonds is 7. The third-order valence-electron chi connectivity index (χ3n) is 4.11. The van der Waals surface area contributed by atoms with E-state index >= 15 is 0 Å². The van der Waals surface area contributed by atoms with Gasteiger partial charge in [0.15, 0.2) is 0 Å². The van der Waals surface area contributed by atoms with Crippen LogP contribution in [0, 0.1) is 0 Å². The molecule has 6 nitrogen and oxygen atoms in total. The molecule has 0 aliphatic rings. The molecule has 0 radical (unpaired) electrons. The first-order chi connectivity index (χ1) is 14.5. The quantitative estimate of drug-likeness (QED) is 0.242. The van der Waals surface area contributed by atoms with E-state index in [1.807, 2.05) is 30.3 Å². The van der Waals surface area contributed by atoms with E-state index in [0.717, 1.165) is 10.0 Å². The predicted octanol–water partition coefficient (Wildman–Crippen LogP) is 4.37. The minimum absolute atomic E-state index is 0.154. The third kappa shape index (κ3) is 6.02. The Labute approximate surface area is 182 Å². The minimum atomic E-state index is -0.388. The predicted molar refractivity (Wildman–Crippen MR) is 118 cm³/mol. The molecular formula is C23H19BrN2O4. The van der Waals surface area contributed by atoms with E-state index in [1.54, 1.807) is 49.6 Å². The summed E-state index contributed by atoms with van der Waals surface area (Å²) in [5.74, 6) is 0.250. The van der Waals surface area contributed by atoms with Crippen LogP contribution in [0.4, 0.5) is 0 Å². The highest BCUT2D eigenvalue weighted by Crippen LogP contribution is 2.22. The van der Waals surface area contributed by atoms with Crippen molar-refractivity contribution in [3.05, 3.63) is 94.0 Å². The summed E-state index contributed by atoms with van der Waals surface area (Å²) in [6.45, 7) is 0. The van der Waals surface area contributed by atoms with Crippen molar-refractivity contribution in [1.29, 1.82) is 0 Å². The summed E-state index contributed by atoms with van der Waals surface area (Å²) in [5, 5.41) is 3.99. The van der Waals surface area contributed by atoms with Crippen molar-refractivity contribution in [2.45, 2.75) is 6.42 Å². The molecule has 0 fully saturated rings. The summed E-state index contributed by atoms with van der Waals surface area (Å²) in [6, 6.07) is 21.2. The van der Waals surface area contributed by atoms with E-state index in [0.29, 0.717) is 22.6 Å². The minimum Gasteiger partial charge on any atom is -0.497 e. The van der Waals surface area contributed by atoms with E-state index < -0.39 is 0 Å². The number of ether oxygens (including phenoxy) is 2. The Morgan fingerprint density at radius 3 is 2.47 bits per heavy atom. The molecule has 0 spiro atoms. The van der Waals surface area contributed by atoms with Gasteiger partial charge >= 0.3 is 5.97 Å². The second-order valence-corrected chi connectivity index (χ2v) is 7.16. The number of carbonyl (C=O) groups excluding carboxylic acids is 2. The zero-order chi connectivity index (χ0) is 21.3. The molecule has 0 atom stereocenters. The average Bonchev–Trinajstić information content (AvgIpc) is 2.76. The van der Waals surface area contributed by atoms with Crippen LogP contribution in [-0.2, 0) is 11.2 Å². The van der Waals surface area contributed by atoms with Gasteiger partial charge in [0.2, 0.25) is 0 Å². The molecule has 152 valence electrons. The van der Waals surface area contributed by atoms with E-state index in [-0.39, 0.29) is 18.3 Å². The maximum Gasteiger partial charge on any atom is 0.315 e. The van der Waals surface area contributed by atoms with E-state index in [9.17, 15) is 9.59 Å². The van der Waals surface area contributed by atoms with Crippen molar-refractivity contribution in [2.24, 2.45) is 5.10 Å². The first-order valence-electron chi connectivity index (χ1n) is 9.07. The van der Waals surface area contributed by atoms with Crippen LogP contribution in [0.15, 0.2) is 82.4 Å². The fraction of sp³-hybridized carbons (Fsp3) is 0.0870. The molecule has 1 amide bonds. The number of halogens is 1. The lowest BCUT2D eigenvalue weighted by Crippen LogP contribution is -2.17. The maximum atomic E-state index is 12.3. The number of hydrogen-bond acceptors (Lipinski definition) is 5. The van der Waals surface area contributed by atoms with Crippen LogP contribution >= 0.6 is 15.9 Å². The van der Waals surface area contributed by atoms with Gasteiger partial charge in [0.05, 0.1) is 19.7 Å². The van der Waals surface area contributed by atoms with Gasteiger partial charge in [-0.05, 0) is 48.0 Å². The Balaban J connectivity index is 1.66. The molecule has 3 aromatic rings. The zero-order valence-corrected chi connectivity index (χ0v) is 17.8. The highest BCUT2D eigenvalue weighted by Gasteiger charge is 2.10. The van der Waals surface area contributed by atoms with Gasteiger partial charge in [0.1, 0.15) is 11.5 Å². The summed E-state index contributed by atoms with van der Waals surface area (Å²) in [7, 11) is 1.56. The molecule has 0 aliphatic heterocycles. The molecule has 7 heteroatoms. The van der Waals surface area contributed by atoms with Gasteiger partial charge < -0.3 is 9.47 Å². The van der Waals surface area contributed by atoms with Crippen LogP contribution in [-0.4, -0.2) is 25.2 Å². The molecule has 3 aromatic carbocycles. The molecule has 0 heterocycles. The lowest BCUT2D eigenvalue weighted by molar-refractivity contribution is -0.133. The van der Waals surface area contributed by atoms with Crippen LogP contribution in [0.3, 0.4) is 0 Å². The number of carbonyl (C=O) groups is 2. The van der Waals surface area contributed by atoms with Crippen molar-refractivity contribution in [3.63, 3.8) is 0 Å². The summed E-state index contributed by atoms with van der Waals surface area (Å²) in [5.41, 5.74) is 4.31. The van der Waals surface area contributed by atoms with E-state index in [1.165, 1.54) is 6.21 Å². The zero-order valence-electron chi connectivity index (χ0n) is 16.2. The van der Waals surface area contributed by atoms with Gasteiger partial charge in [0, 0.05) is 15.6 Å². The Kier molecular flexibility index (Phi) is 7.34. The molecule has 30 heavy (non-hydrogen) atoms.